The Hall–Kier alpha value is -1.56. The van der Waals surface area contributed by atoms with Gasteiger partial charge in [0.1, 0.15) is 0 Å². The Balaban J connectivity index is 1.98. The zero-order valence-corrected chi connectivity index (χ0v) is 16.1. The molecule has 0 saturated carbocycles. The monoisotopic (exact) mass is 429 g/mol. The maximum absolute atomic E-state index is 12.0. The minimum Gasteiger partial charge on any atom is -0.452 e. The molecule has 0 aromatic heterocycles. The van der Waals surface area contributed by atoms with E-state index in [1.54, 1.807) is 6.07 Å². The lowest BCUT2D eigenvalue weighted by Gasteiger charge is -2.12. The Bertz CT molecular complexity index is 809. The van der Waals surface area contributed by atoms with Crippen molar-refractivity contribution in [3.8, 4) is 0 Å². The van der Waals surface area contributed by atoms with E-state index in [4.69, 9.17) is 27.9 Å². The van der Waals surface area contributed by atoms with E-state index in [1.807, 2.05) is 19.9 Å². The molecule has 0 saturated heterocycles. The average molecular weight is 431 g/mol. The quantitative estimate of drug-likeness (QED) is 0.680. The number of nitrogens with one attached hydrogen (secondary N) is 1. The summed E-state index contributed by atoms with van der Waals surface area (Å²) in [4.78, 5) is 23.9. The zero-order valence-electron chi connectivity index (χ0n) is 13.0. The first kappa shape index (κ1) is 18.8. The van der Waals surface area contributed by atoms with Gasteiger partial charge in [0.15, 0.2) is 6.61 Å². The van der Waals surface area contributed by atoms with Crippen LogP contribution in [0.15, 0.2) is 34.8 Å². The molecule has 0 heterocycles. The van der Waals surface area contributed by atoms with Gasteiger partial charge in [-0.2, -0.15) is 0 Å². The summed E-state index contributed by atoms with van der Waals surface area (Å²) in [6.45, 7) is 3.43. The minimum absolute atomic E-state index is 0.157. The predicted octanol–water partition coefficient (Wildman–Crippen LogP) is 5.17. The summed E-state index contributed by atoms with van der Waals surface area (Å²) in [5, 5.41) is 3.30. The maximum Gasteiger partial charge on any atom is 0.340 e. The highest BCUT2D eigenvalue weighted by molar-refractivity contribution is 9.10. The lowest BCUT2D eigenvalue weighted by Crippen LogP contribution is -2.21. The van der Waals surface area contributed by atoms with Gasteiger partial charge in [-0.25, -0.2) is 4.79 Å². The van der Waals surface area contributed by atoms with E-state index < -0.39 is 18.5 Å². The van der Waals surface area contributed by atoms with E-state index in [0.29, 0.717) is 10.7 Å². The molecule has 2 aromatic carbocycles. The molecule has 7 heteroatoms. The Morgan fingerprint density at radius 3 is 2.50 bits per heavy atom. The third-order valence-corrected chi connectivity index (χ3v) is 4.89. The van der Waals surface area contributed by atoms with E-state index in [1.165, 1.54) is 18.2 Å². The van der Waals surface area contributed by atoms with Crippen molar-refractivity contribution >= 4 is 56.7 Å². The molecule has 0 radical (unpaired) electrons. The van der Waals surface area contributed by atoms with E-state index in [9.17, 15) is 9.59 Å². The van der Waals surface area contributed by atoms with Crippen molar-refractivity contribution in [2.75, 3.05) is 11.9 Å². The molecule has 0 bridgehead atoms. The highest BCUT2D eigenvalue weighted by Crippen LogP contribution is 2.26. The van der Waals surface area contributed by atoms with Crippen molar-refractivity contribution < 1.29 is 14.3 Å². The Morgan fingerprint density at radius 2 is 1.83 bits per heavy atom. The zero-order chi connectivity index (χ0) is 17.9. The first-order valence-corrected chi connectivity index (χ1v) is 8.52. The van der Waals surface area contributed by atoms with Crippen molar-refractivity contribution in [2.24, 2.45) is 0 Å². The molecule has 2 rings (SSSR count). The lowest BCUT2D eigenvalue weighted by atomic mass is 10.1. The number of carbonyl (C=O) groups excluding carboxylic acids is 2. The van der Waals surface area contributed by atoms with Gasteiger partial charge in [0.25, 0.3) is 5.91 Å². The van der Waals surface area contributed by atoms with E-state index in [2.05, 4.69) is 21.2 Å². The average Bonchev–Trinajstić information content (AvgIpc) is 2.53. The number of ether oxygens (including phenoxy) is 1. The van der Waals surface area contributed by atoms with Crippen LogP contribution >= 0.6 is 39.1 Å². The maximum atomic E-state index is 12.0. The molecule has 0 aliphatic rings. The van der Waals surface area contributed by atoms with Crippen LogP contribution in [0.1, 0.15) is 21.5 Å². The molecular weight excluding hydrogens is 417 g/mol. The van der Waals surface area contributed by atoms with Gasteiger partial charge < -0.3 is 10.1 Å². The first-order chi connectivity index (χ1) is 11.3. The SMILES string of the molecule is Cc1c(Br)ccc(NC(=O)COC(=O)c2ccc(Cl)cc2Cl)c1C. The number of rotatable bonds is 4. The van der Waals surface area contributed by atoms with Crippen molar-refractivity contribution in [3.63, 3.8) is 0 Å². The second-order valence-electron chi connectivity index (χ2n) is 5.09. The fourth-order valence-electron chi connectivity index (χ4n) is 1.97. The van der Waals surface area contributed by atoms with Crippen molar-refractivity contribution in [3.05, 3.63) is 61.5 Å². The van der Waals surface area contributed by atoms with E-state index in [-0.39, 0.29) is 10.6 Å². The summed E-state index contributed by atoms with van der Waals surface area (Å²) >= 11 is 15.1. The van der Waals surface area contributed by atoms with Crippen LogP contribution in [0, 0.1) is 13.8 Å². The number of esters is 1. The highest BCUT2D eigenvalue weighted by Gasteiger charge is 2.15. The number of hydrogen-bond acceptors (Lipinski definition) is 3. The van der Waals surface area contributed by atoms with Crippen LogP contribution in [-0.4, -0.2) is 18.5 Å². The number of hydrogen-bond donors (Lipinski definition) is 1. The van der Waals surface area contributed by atoms with Crippen LogP contribution < -0.4 is 5.32 Å². The first-order valence-electron chi connectivity index (χ1n) is 6.97. The molecule has 4 nitrogen and oxygen atoms in total. The normalized spacial score (nSPS) is 10.4. The minimum atomic E-state index is -0.685. The third kappa shape index (κ3) is 4.50. The van der Waals surface area contributed by atoms with Crippen LogP contribution in [0.2, 0.25) is 10.0 Å². The van der Waals surface area contributed by atoms with Gasteiger partial charge >= 0.3 is 5.97 Å². The van der Waals surface area contributed by atoms with Gasteiger partial charge in [0, 0.05) is 15.2 Å². The second kappa shape index (κ2) is 8.01. The molecular formula is C17H14BrCl2NO3. The summed E-state index contributed by atoms with van der Waals surface area (Å²) in [6.07, 6.45) is 0. The topological polar surface area (TPSA) is 55.4 Å². The number of amides is 1. The molecule has 0 aliphatic carbocycles. The molecule has 1 N–H and O–H groups in total. The van der Waals surface area contributed by atoms with Crippen LogP contribution in [0.25, 0.3) is 0 Å². The van der Waals surface area contributed by atoms with Crippen molar-refractivity contribution in [1.29, 1.82) is 0 Å². The molecule has 2 aromatic rings. The largest absolute Gasteiger partial charge is 0.452 e. The van der Waals surface area contributed by atoms with E-state index in [0.717, 1.165) is 15.6 Å². The summed E-state index contributed by atoms with van der Waals surface area (Å²) in [5.74, 6) is -1.12. The molecule has 0 spiro atoms. The van der Waals surface area contributed by atoms with Gasteiger partial charge in [-0.15, -0.1) is 0 Å². The fraction of sp³-hybridized carbons (Fsp3) is 0.176. The highest BCUT2D eigenvalue weighted by atomic mass is 79.9. The Labute approximate surface area is 158 Å². The summed E-state index contributed by atoms with van der Waals surface area (Å²) in [7, 11) is 0. The third-order valence-electron chi connectivity index (χ3n) is 3.48. The molecule has 0 atom stereocenters. The van der Waals surface area contributed by atoms with Crippen LogP contribution in [0.4, 0.5) is 5.69 Å². The van der Waals surface area contributed by atoms with Gasteiger partial charge in [0.05, 0.1) is 10.6 Å². The fourth-order valence-corrected chi connectivity index (χ4v) is 2.89. The molecule has 24 heavy (non-hydrogen) atoms. The predicted molar refractivity (Wildman–Crippen MR) is 99.0 cm³/mol. The van der Waals surface area contributed by atoms with Crippen molar-refractivity contribution in [1.82, 2.24) is 0 Å². The summed E-state index contributed by atoms with van der Waals surface area (Å²) in [6, 6.07) is 8.04. The summed E-state index contributed by atoms with van der Waals surface area (Å²) < 4.78 is 5.95. The lowest BCUT2D eigenvalue weighted by molar-refractivity contribution is -0.119. The Kier molecular flexibility index (Phi) is 6.27. The number of halogens is 3. The van der Waals surface area contributed by atoms with Crippen molar-refractivity contribution in [2.45, 2.75) is 13.8 Å². The van der Waals surface area contributed by atoms with Gasteiger partial charge in [-0.1, -0.05) is 39.1 Å². The standard InChI is InChI=1S/C17H14BrCl2NO3/c1-9-10(2)15(6-5-13(9)18)21-16(22)8-24-17(23)12-4-3-11(19)7-14(12)20/h3-7H,8H2,1-2H3,(H,21,22). The smallest absolute Gasteiger partial charge is 0.340 e. The number of carbonyl (C=O) groups is 2. The molecule has 0 aliphatic heterocycles. The molecule has 126 valence electrons. The summed E-state index contributed by atoms with van der Waals surface area (Å²) in [5.41, 5.74) is 2.79. The molecule has 1 amide bonds. The van der Waals surface area contributed by atoms with Crippen LogP contribution in [-0.2, 0) is 9.53 Å². The molecule has 0 unspecified atom stereocenters. The van der Waals surface area contributed by atoms with Crippen LogP contribution in [0.5, 0.6) is 0 Å². The van der Waals surface area contributed by atoms with Crippen LogP contribution in [0.3, 0.4) is 0 Å². The number of benzene rings is 2. The number of anilines is 1. The van der Waals surface area contributed by atoms with Gasteiger partial charge in [-0.3, -0.25) is 4.79 Å². The van der Waals surface area contributed by atoms with Gasteiger partial charge in [-0.05, 0) is 55.3 Å². The molecule has 0 fully saturated rings. The second-order valence-corrected chi connectivity index (χ2v) is 6.79. The van der Waals surface area contributed by atoms with E-state index >= 15 is 0 Å². The van der Waals surface area contributed by atoms with Gasteiger partial charge in [0.2, 0.25) is 0 Å². The Morgan fingerprint density at radius 1 is 1.12 bits per heavy atom.